The third kappa shape index (κ3) is 3.25. The Bertz CT molecular complexity index is 374. The predicted molar refractivity (Wildman–Crippen MR) is 77.3 cm³/mol. The predicted octanol–water partition coefficient (Wildman–Crippen LogP) is 3.36. The molecule has 0 aromatic heterocycles. The van der Waals surface area contributed by atoms with Crippen LogP contribution in [-0.4, -0.2) is 24.5 Å². The number of benzene rings is 1. The molecule has 2 nitrogen and oxygen atoms in total. The third-order valence-corrected chi connectivity index (χ3v) is 5.58. The van der Waals surface area contributed by atoms with Crippen LogP contribution in [0.15, 0.2) is 28.7 Å². The summed E-state index contributed by atoms with van der Waals surface area (Å²) in [6.45, 7) is 3.70. The molecule has 1 aromatic carbocycles. The molecule has 3 unspecified atom stereocenters. The first-order chi connectivity index (χ1) is 8.22. The van der Waals surface area contributed by atoms with E-state index in [4.69, 9.17) is 10.5 Å². The van der Waals surface area contributed by atoms with E-state index in [2.05, 4.69) is 41.1 Å². The smallest absolute Gasteiger partial charge is 0.0666 e. The van der Waals surface area contributed by atoms with Gasteiger partial charge in [-0.05, 0) is 25.0 Å². The van der Waals surface area contributed by atoms with Gasteiger partial charge in [0.2, 0.25) is 0 Å². The summed E-state index contributed by atoms with van der Waals surface area (Å²) in [5.74, 6) is 0. The highest BCUT2D eigenvalue weighted by atomic mass is 79.9. The van der Waals surface area contributed by atoms with Crippen LogP contribution in [0.2, 0.25) is 0 Å². The lowest BCUT2D eigenvalue weighted by atomic mass is 10.1. The molecule has 3 atom stereocenters. The van der Waals surface area contributed by atoms with Gasteiger partial charge in [-0.25, -0.2) is 0 Å². The van der Waals surface area contributed by atoms with E-state index in [1.165, 1.54) is 5.56 Å². The van der Waals surface area contributed by atoms with Crippen molar-refractivity contribution in [3.05, 3.63) is 34.3 Å². The SMILES string of the molecule is CC1OCCC1SC(CN)c1ccccc1Br. The first kappa shape index (κ1) is 13.4. The van der Waals surface area contributed by atoms with Crippen molar-refractivity contribution in [3.63, 3.8) is 0 Å². The molecule has 1 aliphatic rings. The fraction of sp³-hybridized carbons (Fsp3) is 0.538. The molecule has 0 saturated carbocycles. The van der Waals surface area contributed by atoms with Gasteiger partial charge >= 0.3 is 0 Å². The zero-order valence-corrected chi connectivity index (χ0v) is 12.3. The fourth-order valence-electron chi connectivity index (χ4n) is 2.09. The molecule has 94 valence electrons. The Labute approximate surface area is 115 Å². The van der Waals surface area contributed by atoms with Crippen LogP contribution >= 0.6 is 27.7 Å². The number of nitrogens with two attached hydrogens (primary N) is 1. The van der Waals surface area contributed by atoms with E-state index >= 15 is 0 Å². The second-order valence-electron chi connectivity index (χ2n) is 4.28. The van der Waals surface area contributed by atoms with E-state index in [9.17, 15) is 0 Å². The Morgan fingerprint density at radius 3 is 2.88 bits per heavy atom. The Balaban J connectivity index is 2.09. The summed E-state index contributed by atoms with van der Waals surface area (Å²) in [7, 11) is 0. The minimum atomic E-state index is 0.344. The van der Waals surface area contributed by atoms with Crippen LogP contribution in [0.1, 0.15) is 24.2 Å². The van der Waals surface area contributed by atoms with E-state index in [0.29, 0.717) is 23.1 Å². The molecule has 0 aliphatic carbocycles. The topological polar surface area (TPSA) is 35.2 Å². The standard InChI is InChI=1S/C13H18BrNOS/c1-9-12(6-7-16-9)17-13(8-15)10-4-2-3-5-11(10)14/h2-5,9,12-13H,6-8,15H2,1H3. The Morgan fingerprint density at radius 2 is 2.29 bits per heavy atom. The van der Waals surface area contributed by atoms with Crippen LogP contribution in [0, 0.1) is 0 Å². The highest BCUT2D eigenvalue weighted by Crippen LogP contribution is 2.39. The molecule has 4 heteroatoms. The van der Waals surface area contributed by atoms with Gasteiger partial charge in [0.05, 0.1) is 6.10 Å². The summed E-state index contributed by atoms with van der Waals surface area (Å²) < 4.78 is 6.75. The monoisotopic (exact) mass is 315 g/mol. The average Bonchev–Trinajstić information content (AvgIpc) is 2.73. The van der Waals surface area contributed by atoms with Crippen molar-refractivity contribution in [2.75, 3.05) is 13.2 Å². The first-order valence-electron chi connectivity index (χ1n) is 5.94. The van der Waals surface area contributed by atoms with Gasteiger partial charge in [0, 0.05) is 28.1 Å². The maximum absolute atomic E-state index is 5.91. The zero-order chi connectivity index (χ0) is 12.3. The minimum Gasteiger partial charge on any atom is -0.377 e. The van der Waals surface area contributed by atoms with Crippen molar-refractivity contribution in [1.29, 1.82) is 0 Å². The van der Waals surface area contributed by atoms with Gasteiger partial charge in [0.1, 0.15) is 0 Å². The lowest BCUT2D eigenvalue weighted by Crippen LogP contribution is -2.19. The summed E-state index contributed by atoms with van der Waals surface area (Å²) in [6.07, 6.45) is 1.48. The van der Waals surface area contributed by atoms with E-state index in [1.54, 1.807) is 0 Å². The zero-order valence-electron chi connectivity index (χ0n) is 9.93. The first-order valence-corrected chi connectivity index (χ1v) is 7.67. The molecule has 2 N–H and O–H groups in total. The molecular weight excluding hydrogens is 298 g/mol. The maximum atomic E-state index is 5.91. The van der Waals surface area contributed by atoms with Crippen molar-refractivity contribution in [2.24, 2.45) is 5.73 Å². The number of halogens is 1. The number of hydrogen-bond acceptors (Lipinski definition) is 3. The molecule has 0 spiro atoms. The highest BCUT2D eigenvalue weighted by Gasteiger charge is 2.28. The second-order valence-corrected chi connectivity index (χ2v) is 6.59. The van der Waals surface area contributed by atoms with Crippen molar-refractivity contribution in [1.82, 2.24) is 0 Å². The number of hydrogen-bond donors (Lipinski definition) is 1. The number of ether oxygens (including phenoxy) is 1. The molecule has 0 bridgehead atoms. The van der Waals surface area contributed by atoms with Gasteiger partial charge < -0.3 is 10.5 Å². The lowest BCUT2D eigenvalue weighted by Gasteiger charge is -2.22. The van der Waals surface area contributed by atoms with Crippen LogP contribution in [0.25, 0.3) is 0 Å². The summed E-state index contributed by atoms with van der Waals surface area (Å²) in [5.41, 5.74) is 7.21. The van der Waals surface area contributed by atoms with Gasteiger partial charge in [0.15, 0.2) is 0 Å². The molecule has 1 aromatic rings. The second kappa shape index (κ2) is 6.23. The van der Waals surface area contributed by atoms with Gasteiger partial charge in [-0.3, -0.25) is 0 Å². The van der Waals surface area contributed by atoms with Gasteiger partial charge in [0.25, 0.3) is 0 Å². The van der Waals surface area contributed by atoms with E-state index in [-0.39, 0.29) is 0 Å². The fourth-order valence-corrected chi connectivity index (χ4v) is 4.22. The molecule has 2 rings (SSSR count). The van der Waals surface area contributed by atoms with E-state index in [1.807, 2.05) is 17.8 Å². The summed E-state index contributed by atoms with van der Waals surface area (Å²) >= 11 is 5.55. The Kier molecular flexibility index (Phi) is 4.91. The van der Waals surface area contributed by atoms with Crippen molar-refractivity contribution in [3.8, 4) is 0 Å². The number of rotatable bonds is 4. The van der Waals surface area contributed by atoms with Crippen LogP contribution < -0.4 is 5.73 Å². The van der Waals surface area contributed by atoms with Crippen molar-refractivity contribution < 1.29 is 4.74 Å². The summed E-state index contributed by atoms with van der Waals surface area (Å²) in [4.78, 5) is 0. The number of thioether (sulfide) groups is 1. The van der Waals surface area contributed by atoms with Gasteiger partial charge in [-0.15, -0.1) is 11.8 Å². The third-order valence-electron chi connectivity index (χ3n) is 3.11. The van der Waals surface area contributed by atoms with Crippen LogP contribution in [0.3, 0.4) is 0 Å². The van der Waals surface area contributed by atoms with Crippen LogP contribution in [0.4, 0.5) is 0 Å². The normalized spacial score (nSPS) is 26.1. The maximum Gasteiger partial charge on any atom is 0.0666 e. The quantitative estimate of drug-likeness (QED) is 0.925. The molecular formula is C13H18BrNOS. The van der Waals surface area contributed by atoms with Gasteiger partial charge in [-0.2, -0.15) is 0 Å². The highest BCUT2D eigenvalue weighted by molar-refractivity contribution is 9.10. The molecule has 1 fully saturated rings. The van der Waals surface area contributed by atoms with Crippen LogP contribution in [-0.2, 0) is 4.74 Å². The Morgan fingerprint density at radius 1 is 1.53 bits per heavy atom. The largest absolute Gasteiger partial charge is 0.377 e. The summed E-state index contributed by atoms with van der Waals surface area (Å²) in [6, 6.07) is 8.33. The molecule has 1 saturated heterocycles. The molecule has 0 radical (unpaired) electrons. The Hall–Kier alpha value is -0.0300. The van der Waals surface area contributed by atoms with E-state index in [0.717, 1.165) is 17.5 Å². The molecule has 1 heterocycles. The van der Waals surface area contributed by atoms with Gasteiger partial charge in [-0.1, -0.05) is 34.1 Å². The minimum absolute atomic E-state index is 0.344. The molecule has 0 amide bonds. The van der Waals surface area contributed by atoms with Crippen molar-refractivity contribution in [2.45, 2.75) is 29.9 Å². The summed E-state index contributed by atoms with van der Waals surface area (Å²) in [5, 5.41) is 0.912. The van der Waals surface area contributed by atoms with Crippen molar-refractivity contribution >= 4 is 27.7 Å². The molecule has 17 heavy (non-hydrogen) atoms. The lowest BCUT2D eigenvalue weighted by molar-refractivity contribution is 0.127. The average molecular weight is 316 g/mol. The molecule has 1 aliphatic heterocycles. The van der Waals surface area contributed by atoms with Crippen LogP contribution in [0.5, 0.6) is 0 Å². The van der Waals surface area contributed by atoms with E-state index < -0.39 is 0 Å².